The second-order valence-corrected chi connectivity index (χ2v) is 4.87. The summed E-state index contributed by atoms with van der Waals surface area (Å²) in [5.41, 5.74) is -0.744. The highest BCUT2D eigenvalue weighted by atomic mass is 16.6. The topological polar surface area (TPSA) is 105 Å². The van der Waals surface area contributed by atoms with E-state index in [4.69, 9.17) is 5.11 Å². The smallest absolute Gasteiger partial charge is 0.328 e. The van der Waals surface area contributed by atoms with E-state index in [2.05, 4.69) is 10.3 Å². The number of nitro benzene ring substituents is 1. The van der Waals surface area contributed by atoms with E-state index < -0.39 is 16.4 Å². The summed E-state index contributed by atoms with van der Waals surface area (Å²) in [4.78, 5) is 25.6. The third kappa shape index (κ3) is 2.37. The summed E-state index contributed by atoms with van der Waals surface area (Å²) < 4.78 is 0. The first-order valence-corrected chi connectivity index (χ1v) is 5.85. The van der Waals surface area contributed by atoms with Crippen molar-refractivity contribution in [2.75, 3.05) is 5.32 Å². The third-order valence-corrected chi connectivity index (χ3v) is 2.97. The van der Waals surface area contributed by atoms with E-state index in [1.807, 2.05) is 0 Å². The molecule has 2 aromatic rings. The van der Waals surface area contributed by atoms with Gasteiger partial charge in [0.2, 0.25) is 0 Å². The van der Waals surface area contributed by atoms with Crippen LogP contribution in [0.4, 0.5) is 11.4 Å². The van der Waals surface area contributed by atoms with Crippen LogP contribution >= 0.6 is 0 Å². The number of carbonyl (C=O) groups is 1. The molecule has 0 aliphatic heterocycles. The van der Waals surface area contributed by atoms with Crippen LogP contribution in [0.3, 0.4) is 0 Å². The molecule has 0 aliphatic rings. The maximum atomic E-state index is 11.2. The van der Waals surface area contributed by atoms with E-state index >= 15 is 0 Å². The largest absolute Gasteiger partial charge is 0.480 e. The Kier molecular flexibility index (Phi) is 3.27. The van der Waals surface area contributed by atoms with Gasteiger partial charge in [0.1, 0.15) is 5.54 Å². The first-order chi connectivity index (χ1) is 9.33. The number of fused-ring (bicyclic) bond motifs is 1. The van der Waals surface area contributed by atoms with Crippen LogP contribution in [0.2, 0.25) is 0 Å². The maximum absolute atomic E-state index is 11.2. The van der Waals surface area contributed by atoms with Crippen molar-refractivity contribution in [3.63, 3.8) is 0 Å². The molecule has 0 amide bonds. The third-order valence-electron chi connectivity index (χ3n) is 2.97. The summed E-state index contributed by atoms with van der Waals surface area (Å²) in [7, 11) is 0. The molecule has 0 atom stereocenters. The molecule has 2 rings (SSSR count). The highest BCUT2D eigenvalue weighted by Gasteiger charge is 2.28. The number of carboxylic acids is 1. The molecule has 0 aliphatic carbocycles. The van der Waals surface area contributed by atoms with Gasteiger partial charge in [-0.3, -0.25) is 15.1 Å². The van der Waals surface area contributed by atoms with Crippen LogP contribution in [-0.4, -0.2) is 26.5 Å². The van der Waals surface area contributed by atoms with Crippen molar-refractivity contribution in [2.45, 2.75) is 19.4 Å². The highest BCUT2D eigenvalue weighted by Crippen LogP contribution is 2.32. The van der Waals surface area contributed by atoms with Gasteiger partial charge in [0.25, 0.3) is 5.69 Å². The minimum Gasteiger partial charge on any atom is -0.480 e. The van der Waals surface area contributed by atoms with Crippen LogP contribution in [0.1, 0.15) is 13.8 Å². The van der Waals surface area contributed by atoms with Crippen molar-refractivity contribution in [3.8, 4) is 0 Å². The van der Waals surface area contributed by atoms with Gasteiger partial charge < -0.3 is 10.4 Å². The lowest BCUT2D eigenvalue weighted by molar-refractivity contribution is -0.383. The molecule has 1 aromatic heterocycles. The van der Waals surface area contributed by atoms with Crippen LogP contribution in [0, 0.1) is 10.1 Å². The lowest BCUT2D eigenvalue weighted by atomic mass is 10.0. The minimum atomic E-state index is -1.20. The molecule has 0 saturated heterocycles. The molecule has 0 radical (unpaired) electrons. The predicted molar refractivity (Wildman–Crippen MR) is 73.7 cm³/mol. The van der Waals surface area contributed by atoms with Crippen molar-refractivity contribution in [2.24, 2.45) is 0 Å². The monoisotopic (exact) mass is 275 g/mol. The van der Waals surface area contributed by atoms with Crippen LogP contribution in [0.15, 0.2) is 30.6 Å². The lowest BCUT2D eigenvalue weighted by Gasteiger charge is -2.23. The molecule has 104 valence electrons. The van der Waals surface area contributed by atoms with Gasteiger partial charge in [0.05, 0.1) is 10.3 Å². The van der Waals surface area contributed by atoms with E-state index in [-0.39, 0.29) is 5.69 Å². The zero-order valence-electron chi connectivity index (χ0n) is 11.0. The molecular weight excluding hydrogens is 262 g/mol. The van der Waals surface area contributed by atoms with Gasteiger partial charge in [0.15, 0.2) is 0 Å². The van der Waals surface area contributed by atoms with Gasteiger partial charge in [-0.05, 0) is 26.0 Å². The number of hydrogen-bond donors (Lipinski definition) is 2. The zero-order valence-corrected chi connectivity index (χ0v) is 11.0. The Morgan fingerprint density at radius 3 is 2.65 bits per heavy atom. The fraction of sp³-hybridized carbons (Fsp3) is 0.231. The Labute approximate surface area is 114 Å². The molecule has 7 heteroatoms. The quantitative estimate of drug-likeness (QED) is 0.655. The highest BCUT2D eigenvalue weighted by molar-refractivity contribution is 6.00. The molecule has 1 aromatic carbocycles. The fourth-order valence-corrected chi connectivity index (χ4v) is 1.83. The van der Waals surface area contributed by atoms with E-state index in [0.29, 0.717) is 16.5 Å². The molecule has 0 spiro atoms. The molecule has 1 heterocycles. The van der Waals surface area contributed by atoms with E-state index in [1.54, 1.807) is 0 Å². The molecular formula is C13H13N3O4. The van der Waals surface area contributed by atoms with Crippen molar-refractivity contribution < 1.29 is 14.8 Å². The number of hydrogen-bond acceptors (Lipinski definition) is 5. The average Bonchev–Trinajstić information content (AvgIpc) is 2.38. The van der Waals surface area contributed by atoms with Gasteiger partial charge in [0, 0.05) is 29.5 Å². The normalized spacial score (nSPS) is 11.3. The maximum Gasteiger partial charge on any atom is 0.328 e. The fourth-order valence-electron chi connectivity index (χ4n) is 1.83. The predicted octanol–water partition coefficient (Wildman–Crippen LogP) is 2.42. The molecule has 7 nitrogen and oxygen atoms in total. The number of nitrogens with one attached hydrogen (secondary N) is 1. The van der Waals surface area contributed by atoms with Gasteiger partial charge >= 0.3 is 5.97 Å². The molecule has 0 saturated carbocycles. The number of pyridine rings is 1. The summed E-state index contributed by atoms with van der Waals surface area (Å²) in [6.45, 7) is 3.03. The molecule has 0 fully saturated rings. The Morgan fingerprint density at radius 2 is 2.05 bits per heavy atom. The standard InChI is InChI=1S/C13H13N3O4/c1-13(2,12(17)18)15-10-3-4-11(16(19)20)8-5-6-14-7-9(8)10/h3-7,15H,1-2H3,(H,17,18). The van der Waals surface area contributed by atoms with Gasteiger partial charge in [-0.2, -0.15) is 0 Å². The Balaban J connectivity index is 2.60. The summed E-state index contributed by atoms with van der Waals surface area (Å²) in [5.74, 6) is -1.02. The van der Waals surface area contributed by atoms with Crippen LogP contribution < -0.4 is 5.32 Å². The van der Waals surface area contributed by atoms with E-state index in [0.717, 1.165) is 0 Å². The molecule has 0 bridgehead atoms. The number of nitrogens with zero attached hydrogens (tertiary/aromatic N) is 2. The Morgan fingerprint density at radius 1 is 1.35 bits per heavy atom. The summed E-state index contributed by atoms with van der Waals surface area (Å²) >= 11 is 0. The van der Waals surface area contributed by atoms with Crippen molar-refractivity contribution >= 4 is 28.1 Å². The Hall–Kier alpha value is -2.70. The van der Waals surface area contributed by atoms with Crippen molar-refractivity contribution in [1.29, 1.82) is 0 Å². The summed E-state index contributed by atoms with van der Waals surface area (Å²) in [6.07, 6.45) is 2.93. The second kappa shape index (κ2) is 4.76. The first kappa shape index (κ1) is 13.7. The SMILES string of the molecule is CC(C)(Nc1ccc([N+](=O)[O-])c2ccncc12)C(=O)O. The number of rotatable bonds is 4. The summed E-state index contributed by atoms with van der Waals surface area (Å²) in [6, 6.07) is 4.38. The van der Waals surface area contributed by atoms with Crippen molar-refractivity contribution in [3.05, 3.63) is 40.7 Å². The van der Waals surface area contributed by atoms with E-state index in [9.17, 15) is 14.9 Å². The first-order valence-electron chi connectivity index (χ1n) is 5.85. The van der Waals surface area contributed by atoms with Gasteiger partial charge in [-0.15, -0.1) is 0 Å². The molecule has 0 unspecified atom stereocenters. The number of carboxylic acid groups (broad SMARTS) is 1. The van der Waals surface area contributed by atoms with Gasteiger partial charge in [-0.25, -0.2) is 4.79 Å². The average molecular weight is 275 g/mol. The Bertz CT molecular complexity index is 697. The van der Waals surface area contributed by atoms with Crippen LogP contribution in [-0.2, 0) is 4.79 Å². The molecule has 2 N–H and O–H groups in total. The molecule has 20 heavy (non-hydrogen) atoms. The van der Waals surface area contributed by atoms with Gasteiger partial charge in [-0.1, -0.05) is 0 Å². The number of nitro groups is 1. The number of aromatic nitrogens is 1. The number of benzene rings is 1. The minimum absolute atomic E-state index is 0.0407. The lowest BCUT2D eigenvalue weighted by Crippen LogP contribution is -2.40. The zero-order chi connectivity index (χ0) is 14.9. The van der Waals surface area contributed by atoms with Crippen LogP contribution in [0.25, 0.3) is 10.8 Å². The number of anilines is 1. The van der Waals surface area contributed by atoms with Crippen LogP contribution in [0.5, 0.6) is 0 Å². The second-order valence-electron chi connectivity index (χ2n) is 4.87. The van der Waals surface area contributed by atoms with E-state index in [1.165, 1.54) is 44.4 Å². The number of non-ortho nitro benzene ring substituents is 1. The van der Waals surface area contributed by atoms with Crippen molar-refractivity contribution in [1.82, 2.24) is 4.98 Å². The summed E-state index contributed by atoms with van der Waals surface area (Å²) in [5, 5.41) is 23.9. The number of aliphatic carboxylic acids is 1.